The van der Waals surface area contributed by atoms with Crippen molar-refractivity contribution in [1.29, 1.82) is 0 Å². The van der Waals surface area contributed by atoms with Crippen LogP contribution in [0.5, 0.6) is 0 Å². The number of rotatable bonds is 12. The lowest BCUT2D eigenvalue weighted by Crippen LogP contribution is -2.30. The van der Waals surface area contributed by atoms with Crippen molar-refractivity contribution in [2.75, 3.05) is 36.4 Å². The molecule has 35 heavy (non-hydrogen) atoms. The number of pyridine rings is 2. The molecule has 0 amide bonds. The van der Waals surface area contributed by atoms with Crippen molar-refractivity contribution < 1.29 is 23.1 Å². The Hall–Kier alpha value is -3.50. The minimum absolute atomic E-state index is 0.00530. The van der Waals surface area contributed by atoms with Gasteiger partial charge < -0.3 is 14.7 Å². The summed E-state index contributed by atoms with van der Waals surface area (Å²) in [7, 11) is -2.46. The van der Waals surface area contributed by atoms with E-state index in [9.17, 15) is 13.2 Å². The van der Waals surface area contributed by atoms with Gasteiger partial charge in [-0.2, -0.15) is 8.42 Å². The van der Waals surface area contributed by atoms with E-state index in [1.807, 2.05) is 49.1 Å². The van der Waals surface area contributed by atoms with E-state index in [4.69, 9.17) is 9.84 Å². The first-order valence-corrected chi connectivity index (χ1v) is 12.7. The van der Waals surface area contributed by atoms with Crippen LogP contribution in [0, 0.1) is 13.8 Å². The van der Waals surface area contributed by atoms with Gasteiger partial charge >= 0.3 is 5.97 Å². The standard InChI is InChI=1S/C25H30N4O5S/c1-18-8-4-5-9-20(18)25-19(2)13-14-21(26-25)28-35(32,33)23-11-6-10-22(27-23)29(16-17-34-3)15-7-12-24(30)31/h4-6,8-11,13-14H,7,12,15-17H2,1-3H3,(H,26,28)(H,30,31). The zero-order valence-corrected chi connectivity index (χ0v) is 20.9. The fraction of sp³-hybridized carbons (Fsp3) is 0.320. The van der Waals surface area contributed by atoms with Crippen LogP contribution in [0.3, 0.4) is 0 Å². The third kappa shape index (κ3) is 7.00. The van der Waals surface area contributed by atoms with Crippen LogP contribution in [-0.4, -0.2) is 56.3 Å². The Kier molecular flexibility index (Phi) is 8.78. The number of hydrogen-bond acceptors (Lipinski definition) is 7. The summed E-state index contributed by atoms with van der Waals surface area (Å²) in [6.45, 7) is 5.14. The van der Waals surface area contributed by atoms with Crippen molar-refractivity contribution in [1.82, 2.24) is 9.97 Å². The van der Waals surface area contributed by atoms with Crippen LogP contribution in [0.2, 0.25) is 0 Å². The highest BCUT2D eigenvalue weighted by Gasteiger charge is 2.20. The predicted molar refractivity (Wildman–Crippen MR) is 135 cm³/mol. The van der Waals surface area contributed by atoms with Crippen LogP contribution in [0.25, 0.3) is 11.3 Å². The van der Waals surface area contributed by atoms with E-state index < -0.39 is 16.0 Å². The summed E-state index contributed by atoms with van der Waals surface area (Å²) in [5.41, 5.74) is 3.60. The van der Waals surface area contributed by atoms with Crippen molar-refractivity contribution in [3.8, 4) is 11.3 Å². The van der Waals surface area contributed by atoms with Crippen molar-refractivity contribution in [2.24, 2.45) is 0 Å². The fourth-order valence-corrected chi connectivity index (χ4v) is 4.55. The molecule has 0 bridgehead atoms. The Bertz CT molecular complexity index is 1280. The summed E-state index contributed by atoms with van der Waals surface area (Å²) >= 11 is 0. The Labute approximate surface area is 205 Å². The highest BCUT2D eigenvalue weighted by molar-refractivity contribution is 7.92. The van der Waals surface area contributed by atoms with E-state index in [1.54, 1.807) is 25.3 Å². The Morgan fingerprint density at radius 1 is 1.00 bits per heavy atom. The number of ether oxygens (including phenoxy) is 1. The van der Waals surface area contributed by atoms with Crippen molar-refractivity contribution in [2.45, 2.75) is 31.7 Å². The van der Waals surface area contributed by atoms with E-state index in [2.05, 4.69) is 14.7 Å². The number of aromatic nitrogens is 2. The highest BCUT2D eigenvalue weighted by Crippen LogP contribution is 2.27. The molecule has 0 saturated carbocycles. The summed E-state index contributed by atoms with van der Waals surface area (Å²) < 4.78 is 34.0. The molecule has 9 nitrogen and oxygen atoms in total. The normalized spacial score (nSPS) is 11.3. The lowest BCUT2D eigenvalue weighted by Gasteiger charge is -2.23. The number of nitrogens with zero attached hydrogens (tertiary/aromatic N) is 3. The van der Waals surface area contributed by atoms with Gasteiger partial charge in [-0.3, -0.25) is 9.52 Å². The molecule has 10 heteroatoms. The van der Waals surface area contributed by atoms with Crippen LogP contribution in [0.1, 0.15) is 24.0 Å². The predicted octanol–water partition coefficient (Wildman–Crippen LogP) is 3.88. The molecule has 0 saturated heterocycles. The third-order valence-electron chi connectivity index (χ3n) is 5.43. The van der Waals surface area contributed by atoms with E-state index in [1.165, 1.54) is 6.07 Å². The maximum absolute atomic E-state index is 13.2. The molecule has 0 fully saturated rings. The minimum Gasteiger partial charge on any atom is -0.481 e. The maximum Gasteiger partial charge on any atom is 0.303 e. The molecule has 0 aliphatic rings. The zero-order valence-electron chi connectivity index (χ0n) is 20.1. The van der Waals surface area contributed by atoms with E-state index in [-0.39, 0.29) is 17.3 Å². The molecular formula is C25H30N4O5S. The van der Waals surface area contributed by atoms with Gasteiger partial charge in [-0.15, -0.1) is 0 Å². The number of carboxylic acid groups (broad SMARTS) is 1. The molecule has 0 unspecified atom stereocenters. The van der Waals surface area contributed by atoms with Crippen molar-refractivity contribution in [3.63, 3.8) is 0 Å². The fourth-order valence-electron chi connectivity index (χ4n) is 3.58. The number of anilines is 2. The number of carbonyl (C=O) groups is 1. The van der Waals surface area contributed by atoms with Crippen molar-refractivity contribution >= 4 is 27.6 Å². The van der Waals surface area contributed by atoms with Crippen LogP contribution in [0.4, 0.5) is 11.6 Å². The summed E-state index contributed by atoms with van der Waals surface area (Å²) in [6, 6.07) is 15.9. The van der Waals surface area contributed by atoms with Crippen LogP contribution >= 0.6 is 0 Å². The van der Waals surface area contributed by atoms with Gasteiger partial charge in [0.1, 0.15) is 11.6 Å². The molecule has 3 aromatic rings. The molecule has 0 aliphatic carbocycles. The van der Waals surface area contributed by atoms with E-state index in [0.717, 1.165) is 16.7 Å². The van der Waals surface area contributed by atoms with Crippen LogP contribution < -0.4 is 9.62 Å². The Morgan fingerprint density at radius 3 is 2.49 bits per heavy atom. The molecule has 0 aliphatic heterocycles. The Balaban J connectivity index is 1.86. The number of methoxy groups -OCH3 is 1. The molecule has 186 valence electrons. The molecule has 2 N–H and O–H groups in total. The number of aryl methyl sites for hydroxylation is 2. The number of nitrogens with one attached hydrogen (secondary N) is 1. The van der Waals surface area contributed by atoms with Gasteiger partial charge in [-0.1, -0.05) is 36.4 Å². The summed E-state index contributed by atoms with van der Waals surface area (Å²) in [4.78, 5) is 21.6. The second-order valence-electron chi connectivity index (χ2n) is 8.09. The van der Waals surface area contributed by atoms with Crippen LogP contribution in [-0.2, 0) is 19.6 Å². The summed E-state index contributed by atoms with van der Waals surface area (Å²) in [5.74, 6) is -0.271. The Morgan fingerprint density at radius 2 is 1.77 bits per heavy atom. The SMILES string of the molecule is COCCN(CCCC(=O)O)c1cccc(S(=O)(=O)Nc2ccc(C)c(-c3ccccc3C)n2)n1. The minimum atomic E-state index is -4.02. The number of aliphatic carboxylic acids is 1. The molecule has 1 aromatic carbocycles. The van der Waals surface area contributed by atoms with Gasteiger partial charge in [0.2, 0.25) is 0 Å². The number of benzene rings is 1. The lowest BCUT2D eigenvalue weighted by molar-refractivity contribution is -0.137. The van der Waals surface area contributed by atoms with Crippen LogP contribution in [0.15, 0.2) is 59.6 Å². The van der Waals surface area contributed by atoms with Gasteiger partial charge in [-0.25, -0.2) is 9.97 Å². The molecule has 0 atom stereocenters. The maximum atomic E-state index is 13.2. The topological polar surface area (TPSA) is 122 Å². The molecule has 2 aromatic heterocycles. The van der Waals surface area contributed by atoms with Crippen molar-refractivity contribution in [3.05, 3.63) is 65.7 Å². The summed E-state index contributed by atoms with van der Waals surface area (Å²) in [6.07, 6.45) is 0.399. The van der Waals surface area contributed by atoms with E-state index >= 15 is 0 Å². The summed E-state index contributed by atoms with van der Waals surface area (Å²) in [5, 5.41) is 8.78. The van der Waals surface area contributed by atoms with Gasteiger partial charge in [0.15, 0.2) is 5.03 Å². The lowest BCUT2D eigenvalue weighted by atomic mass is 10.0. The third-order valence-corrected chi connectivity index (χ3v) is 6.68. The number of hydrogen-bond donors (Lipinski definition) is 2. The number of sulfonamides is 1. The largest absolute Gasteiger partial charge is 0.481 e. The molecule has 2 heterocycles. The van der Waals surface area contributed by atoms with E-state index in [0.29, 0.717) is 37.6 Å². The molecule has 0 spiro atoms. The van der Waals surface area contributed by atoms with Gasteiger partial charge in [-0.05, 0) is 49.6 Å². The highest BCUT2D eigenvalue weighted by atomic mass is 32.2. The second kappa shape index (κ2) is 11.8. The quantitative estimate of drug-likeness (QED) is 0.386. The van der Waals surface area contributed by atoms with Gasteiger partial charge in [0, 0.05) is 32.2 Å². The number of carboxylic acids is 1. The second-order valence-corrected chi connectivity index (χ2v) is 9.72. The monoisotopic (exact) mass is 498 g/mol. The zero-order chi connectivity index (χ0) is 25.4. The molecule has 3 rings (SSSR count). The van der Waals surface area contributed by atoms with Gasteiger partial charge in [0.25, 0.3) is 10.0 Å². The first-order chi connectivity index (χ1) is 16.7. The van der Waals surface area contributed by atoms with Gasteiger partial charge in [0.05, 0.1) is 12.3 Å². The molecule has 0 radical (unpaired) electrons. The first kappa shape index (κ1) is 26.1. The molecular weight excluding hydrogens is 468 g/mol. The smallest absolute Gasteiger partial charge is 0.303 e. The first-order valence-electron chi connectivity index (χ1n) is 11.2. The average molecular weight is 499 g/mol. The average Bonchev–Trinajstić information content (AvgIpc) is 2.83.